The molecule has 0 unspecified atom stereocenters. The van der Waals surface area contributed by atoms with Gasteiger partial charge in [0.15, 0.2) is 0 Å². The van der Waals surface area contributed by atoms with E-state index in [2.05, 4.69) is 25.8 Å². The van der Waals surface area contributed by atoms with Crippen molar-refractivity contribution in [1.29, 1.82) is 0 Å². The van der Waals surface area contributed by atoms with Crippen LogP contribution in [0.1, 0.15) is 5.89 Å². The van der Waals surface area contributed by atoms with Gasteiger partial charge in [-0.3, -0.25) is 4.98 Å². The predicted molar refractivity (Wildman–Crippen MR) is 91.2 cm³/mol. The minimum atomic E-state index is -0.322. The van der Waals surface area contributed by atoms with E-state index in [0.29, 0.717) is 41.8 Å². The maximum Gasteiger partial charge on any atom is 0.319 e. The van der Waals surface area contributed by atoms with Gasteiger partial charge in [0.1, 0.15) is 11.4 Å². The van der Waals surface area contributed by atoms with Crippen LogP contribution >= 0.6 is 0 Å². The maximum absolute atomic E-state index is 11.9. The highest BCUT2D eigenvalue weighted by atomic mass is 16.5. The number of hydrogen-bond acceptors (Lipinski definition) is 6. The van der Waals surface area contributed by atoms with Gasteiger partial charge in [-0.2, -0.15) is 4.98 Å². The standard InChI is InChI=1S/C17H17N5O3/c1-24-13-6-4-5-12(11-13)20-17(23)19-10-8-15-21-16(22-25-15)14-7-2-3-9-18-14/h2-7,9,11H,8,10H2,1H3,(H2,19,20,23). The molecule has 0 aliphatic rings. The normalized spacial score (nSPS) is 10.3. The van der Waals surface area contributed by atoms with Crippen LogP contribution in [0.4, 0.5) is 10.5 Å². The van der Waals surface area contributed by atoms with Crippen molar-refractivity contribution in [2.24, 2.45) is 0 Å². The second-order valence-corrected chi connectivity index (χ2v) is 5.09. The Hall–Kier alpha value is -3.42. The lowest BCUT2D eigenvalue weighted by atomic mass is 10.3. The maximum atomic E-state index is 11.9. The highest BCUT2D eigenvalue weighted by molar-refractivity contribution is 5.89. The van der Waals surface area contributed by atoms with E-state index in [0.717, 1.165) is 0 Å². The zero-order valence-corrected chi connectivity index (χ0v) is 13.6. The van der Waals surface area contributed by atoms with Crippen molar-refractivity contribution in [3.63, 3.8) is 0 Å². The van der Waals surface area contributed by atoms with Crippen LogP contribution in [-0.2, 0) is 6.42 Å². The number of pyridine rings is 1. The number of benzene rings is 1. The number of nitrogens with zero attached hydrogens (tertiary/aromatic N) is 3. The number of anilines is 1. The molecule has 2 N–H and O–H groups in total. The zero-order valence-electron chi connectivity index (χ0n) is 13.6. The Kier molecular flexibility index (Phi) is 5.20. The lowest BCUT2D eigenvalue weighted by Crippen LogP contribution is -2.30. The molecule has 0 atom stereocenters. The third-order valence-corrected chi connectivity index (χ3v) is 3.31. The third kappa shape index (κ3) is 4.54. The van der Waals surface area contributed by atoms with Crippen LogP contribution in [0.3, 0.4) is 0 Å². The minimum Gasteiger partial charge on any atom is -0.497 e. The predicted octanol–water partition coefficient (Wildman–Crippen LogP) is 2.50. The van der Waals surface area contributed by atoms with Crippen molar-refractivity contribution in [2.45, 2.75) is 6.42 Å². The minimum absolute atomic E-state index is 0.322. The highest BCUT2D eigenvalue weighted by Crippen LogP contribution is 2.16. The van der Waals surface area contributed by atoms with E-state index in [1.165, 1.54) is 0 Å². The second kappa shape index (κ2) is 7.91. The molecule has 25 heavy (non-hydrogen) atoms. The molecular weight excluding hydrogens is 322 g/mol. The smallest absolute Gasteiger partial charge is 0.319 e. The first-order valence-corrected chi connectivity index (χ1v) is 7.67. The number of hydrogen-bond donors (Lipinski definition) is 2. The summed E-state index contributed by atoms with van der Waals surface area (Å²) in [5, 5.41) is 9.34. The Balaban J connectivity index is 1.48. The topological polar surface area (TPSA) is 102 Å². The molecule has 3 aromatic rings. The summed E-state index contributed by atoms with van der Waals surface area (Å²) in [7, 11) is 1.57. The number of methoxy groups -OCH3 is 1. The molecule has 8 heteroatoms. The summed E-state index contributed by atoms with van der Waals surface area (Å²) in [5.74, 6) is 1.53. The highest BCUT2D eigenvalue weighted by Gasteiger charge is 2.09. The largest absolute Gasteiger partial charge is 0.497 e. The SMILES string of the molecule is COc1cccc(NC(=O)NCCc2nc(-c3ccccn3)no2)c1. The second-order valence-electron chi connectivity index (χ2n) is 5.09. The van der Waals surface area contributed by atoms with Gasteiger partial charge in [0.2, 0.25) is 11.7 Å². The summed E-state index contributed by atoms with van der Waals surface area (Å²) >= 11 is 0. The fraction of sp³-hybridized carbons (Fsp3) is 0.176. The van der Waals surface area contributed by atoms with E-state index >= 15 is 0 Å². The summed E-state index contributed by atoms with van der Waals surface area (Å²) in [6.07, 6.45) is 2.08. The van der Waals surface area contributed by atoms with E-state index in [1.807, 2.05) is 12.1 Å². The summed E-state index contributed by atoms with van der Waals surface area (Å²) in [4.78, 5) is 20.3. The third-order valence-electron chi connectivity index (χ3n) is 3.31. The van der Waals surface area contributed by atoms with Gasteiger partial charge in [-0.05, 0) is 24.3 Å². The number of nitrogens with one attached hydrogen (secondary N) is 2. The Morgan fingerprint density at radius 2 is 2.16 bits per heavy atom. The average molecular weight is 339 g/mol. The number of carbonyl (C=O) groups excluding carboxylic acids is 1. The Labute approximate surface area is 144 Å². The summed E-state index contributed by atoms with van der Waals surface area (Å²) in [5.41, 5.74) is 1.29. The average Bonchev–Trinajstić information content (AvgIpc) is 3.11. The van der Waals surface area contributed by atoms with Gasteiger partial charge in [-0.25, -0.2) is 4.79 Å². The lowest BCUT2D eigenvalue weighted by Gasteiger charge is -2.07. The van der Waals surface area contributed by atoms with Crippen molar-refractivity contribution in [2.75, 3.05) is 19.0 Å². The molecule has 0 saturated heterocycles. The van der Waals surface area contributed by atoms with Crippen LogP contribution in [-0.4, -0.2) is 34.8 Å². The molecule has 3 rings (SSSR count). The molecule has 0 saturated carbocycles. The van der Waals surface area contributed by atoms with Crippen LogP contribution in [0, 0.1) is 0 Å². The number of rotatable bonds is 6. The van der Waals surface area contributed by atoms with Gasteiger partial charge in [0, 0.05) is 30.9 Å². The van der Waals surface area contributed by atoms with Gasteiger partial charge < -0.3 is 19.9 Å². The Bertz CT molecular complexity index is 835. The van der Waals surface area contributed by atoms with Crippen molar-refractivity contribution >= 4 is 11.7 Å². The van der Waals surface area contributed by atoms with Gasteiger partial charge in [-0.1, -0.05) is 17.3 Å². The molecule has 0 aliphatic heterocycles. The van der Waals surface area contributed by atoms with Crippen LogP contribution in [0.15, 0.2) is 53.2 Å². The van der Waals surface area contributed by atoms with Gasteiger partial charge >= 0.3 is 6.03 Å². The molecular formula is C17H17N5O3. The van der Waals surface area contributed by atoms with Crippen molar-refractivity contribution in [3.05, 3.63) is 54.6 Å². The molecule has 1 aromatic carbocycles. The van der Waals surface area contributed by atoms with Crippen LogP contribution < -0.4 is 15.4 Å². The first-order chi connectivity index (χ1) is 12.2. The molecule has 0 radical (unpaired) electrons. The summed E-state index contributed by atoms with van der Waals surface area (Å²) < 4.78 is 10.3. The van der Waals surface area contributed by atoms with Crippen molar-refractivity contribution < 1.29 is 14.1 Å². The van der Waals surface area contributed by atoms with E-state index in [-0.39, 0.29) is 6.03 Å². The summed E-state index contributed by atoms with van der Waals surface area (Å²) in [6, 6.07) is 12.3. The molecule has 0 bridgehead atoms. The monoisotopic (exact) mass is 339 g/mol. The quantitative estimate of drug-likeness (QED) is 0.715. The molecule has 2 amide bonds. The van der Waals surface area contributed by atoms with Crippen molar-refractivity contribution in [3.8, 4) is 17.3 Å². The fourth-order valence-corrected chi connectivity index (χ4v) is 2.11. The summed E-state index contributed by atoms with van der Waals surface area (Å²) in [6.45, 7) is 0.361. The molecule has 8 nitrogen and oxygen atoms in total. The number of aromatic nitrogens is 3. The number of urea groups is 1. The lowest BCUT2D eigenvalue weighted by molar-refractivity contribution is 0.252. The van der Waals surface area contributed by atoms with E-state index in [1.54, 1.807) is 43.6 Å². The first kappa shape index (κ1) is 16.4. The Morgan fingerprint density at radius 1 is 1.24 bits per heavy atom. The number of carbonyl (C=O) groups is 1. The van der Waals surface area contributed by atoms with Gasteiger partial charge in [0.25, 0.3) is 0 Å². The van der Waals surface area contributed by atoms with Gasteiger partial charge in [-0.15, -0.1) is 0 Å². The molecule has 2 aromatic heterocycles. The molecule has 0 aliphatic carbocycles. The van der Waals surface area contributed by atoms with Crippen LogP contribution in [0.5, 0.6) is 5.75 Å². The van der Waals surface area contributed by atoms with E-state index < -0.39 is 0 Å². The first-order valence-electron chi connectivity index (χ1n) is 7.67. The van der Waals surface area contributed by atoms with Crippen molar-refractivity contribution in [1.82, 2.24) is 20.4 Å². The Morgan fingerprint density at radius 3 is 2.96 bits per heavy atom. The molecule has 128 valence electrons. The fourth-order valence-electron chi connectivity index (χ4n) is 2.11. The number of amides is 2. The molecule has 0 fully saturated rings. The zero-order chi connectivity index (χ0) is 17.5. The number of ether oxygens (including phenoxy) is 1. The molecule has 2 heterocycles. The van der Waals surface area contributed by atoms with Crippen LogP contribution in [0.2, 0.25) is 0 Å². The van der Waals surface area contributed by atoms with Gasteiger partial charge in [0.05, 0.1) is 7.11 Å². The molecule has 0 spiro atoms. The van der Waals surface area contributed by atoms with E-state index in [9.17, 15) is 4.79 Å². The van der Waals surface area contributed by atoms with Crippen LogP contribution in [0.25, 0.3) is 11.5 Å². The van der Waals surface area contributed by atoms with E-state index in [4.69, 9.17) is 9.26 Å².